The van der Waals surface area contributed by atoms with E-state index in [0.717, 1.165) is 17.2 Å². The van der Waals surface area contributed by atoms with Crippen molar-refractivity contribution in [1.29, 1.82) is 0 Å². The van der Waals surface area contributed by atoms with E-state index in [2.05, 4.69) is 20.2 Å². The minimum Gasteiger partial charge on any atom is -0.487 e. The first-order valence-corrected chi connectivity index (χ1v) is 10.7. The van der Waals surface area contributed by atoms with Gasteiger partial charge in [-0.15, -0.1) is 0 Å². The van der Waals surface area contributed by atoms with E-state index in [4.69, 9.17) is 9.72 Å². The molecule has 4 rings (SSSR count). The fourth-order valence-corrected chi connectivity index (χ4v) is 3.00. The third-order valence-electron chi connectivity index (χ3n) is 4.82. The van der Waals surface area contributed by atoms with Crippen molar-refractivity contribution in [2.75, 3.05) is 24.1 Å². The zero-order valence-corrected chi connectivity index (χ0v) is 19.1. The van der Waals surface area contributed by atoms with Gasteiger partial charge in [-0.05, 0) is 42.0 Å². The molecule has 34 heavy (non-hydrogen) atoms. The van der Waals surface area contributed by atoms with Crippen LogP contribution in [0.15, 0.2) is 101 Å². The number of pyridine rings is 3. The summed E-state index contributed by atoms with van der Waals surface area (Å²) in [6.45, 7) is 0.426. The van der Waals surface area contributed by atoms with Gasteiger partial charge in [0.05, 0.1) is 18.1 Å². The van der Waals surface area contributed by atoms with E-state index in [-0.39, 0.29) is 0 Å². The van der Waals surface area contributed by atoms with Gasteiger partial charge in [-0.3, -0.25) is 10.0 Å². The highest BCUT2D eigenvalue weighted by atomic mass is 16.5. The van der Waals surface area contributed by atoms with E-state index in [9.17, 15) is 0 Å². The average molecular weight is 452 g/mol. The second-order valence-corrected chi connectivity index (χ2v) is 7.31. The Morgan fingerprint density at radius 2 is 1.35 bits per heavy atom. The van der Waals surface area contributed by atoms with Crippen LogP contribution < -0.4 is 14.8 Å². The van der Waals surface area contributed by atoms with Gasteiger partial charge in [-0.1, -0.05) is 42.5 Å². The summed E-state index contributed by atoms with van der Waals surface area (Å²) >= 11 is 0. The normalized spacial score (nSPS) is 11.1. The molecule has 4 aromatic rings. The predicted molar refractivity (Wildman–Crippen MR) is 135 cm³/mol. The van der Waals surface area contributed by atoms with Crippen LogP contribution in [-0.2, 0) is 6.61 Å². The van der Waals surface area contributed by atoms with Crippen molar-refractivity contribution in [1.82, 2.24) is 15.0 Å². The summed E-state index contributed by atoms with van der Waals surface area (Å²) in [6.07, 6.45) is 6.79. The van der Waals surface area contributed by atoms with E-state index in [1.54, 1.807) is 34.8 Å². The predicted octanol–water partition coefficient (Wildman–Crippen LogP) is 4.39. The SMILES string of the molecule is CN(/N=C/c1ccc(OCc2ccccc2)c(/C=N/N(C)c2ccccn2)n1)c1ccccn1. The fourth-order valence-electron chi connectivity index (χ4n) is 3.00. The van der Waals surface area contributed by atoms with Crippen LogP contribution in [0.1, 0.15) is 17.0 Å². The summed E-state index contributed by atoms with van der Waals surface area (Å²) in [7, 11) is 3.66. The number of benzene rings is 1. The number of hydrazone groups is 2. The molecule has 0 N–H and O–H groups in total. The molecule has 8 nitrogen and oxygen atoms in total. The number of ether oxygens (including phenoxy) is 1. The highest BCUT2D eigenvalue weighted by Gasteiger charge is 2.07. The van der Waals surface area contributed by atoms with Gasteiger partial charge in [0.1, 0.15) is 29.7 Å². The number of aromatic nitrogens is 3. The summed E-state index contributed by atoms with van der Waals surface area (Å²) in [5, 5.41) is 12.3. The van der Waals surface area contributed by atoms with Crippen molar-refractivity contribution in [2.24, 2.45) is 10.2 Å². The lowest BCUT2D eigenvalue weighted by Crippen LogP contribution is -2.12. The van der Waals surface area contributed by atoms with E-state index in [1.165, 1.54) is 0 Å². The van der Waals surface area contributed by atoms with Gasteiger partial charge < -0.3 is 4.74 Å². The lowest BCUT2D eigenvalue weighted by Gasteiger charge is -2.13. The molecule has 0 amide bonds. The molecule has 0 unspecified atom stereocenters. The summed E-state index contributed by atoms with van der Waals surface area (Å²) in [6, 6.07) is 25.0. The van der Waals surface area contributed by atoms with Crippen LogP contribution in [0.2, 0.25) is 0 Å². The Hall–Kier alpha value is -4.59. The molecule has 0 fully saturated rings. The minimum atomic E-state index is 0.426. The summed E-state index contributed by atoms with van der Waals surface area (Å²) < 4.78 is 6.06. The zero-order chi connectivity index (χ0) is 23.6. The van der Waals surface area contributed by atoms with Crippen molar-refractivity contribution < 1.29 is 4.74 Å². The average Bonchev–Trinajstić information content (AvgIpc) is 2.91. The maximum Gasteiger partial charge on any atom is 0.148 e. The maximum absolute atomic E-state index is 6.06. The third-order valence-corrected chi connectivity index (χ3v) is 4.82. The Bertz CT molecular complexity index is 1230. The molecule has 0 bridgehead atoms. The second kappa shape index (κ2) is 11.3. The van der Waals surface area contributed by atoms with Crippen LogP contribution in [0.3, 0.4) is 0 Å². The van der Waals surface area contributed by atoms with Crippen LogP contribution in [-0.4, -0.2) is 41.5 Å². The number of anilines is 2. The number of hydrogen-bond acceptors (Lipinski definition) is 8. The number of nitrogens with zero attached hydrogens (tertiary/aromatic N) is 7. The van der Waals surface area contributed by atoms with Crippen LogP contribution in [0, 0.1) is 0 Å². The highest BCUT2D eigenvalue weighted by Crippen LogP contribution is 2.18. The van der Waals surface area contributed by atoms with Crippen LogP contribution >= 0.6 is 0 Å². The van der Waals surface area contributed by atoms with Gasteiger partial charge in [0.15, 0.2) is 0 Å². The Morgan fingerprint density at radius 1 is 0.735 bits per heavy atom. The first-order valence-electron chi connectivity index (χ1n) is 10.7. The smallest absolute Gasteiger partial charge is 0.148 e. The lowest BCUT2D eigenvalue weighted by atomic mass is 10.2. The number of rotatable bonds is 9. The van der Waals surface area contributed by atoms with E-state index >= 15 is 0 Å². The van der Waals surface area contributed by atoms with E-state index < -0.39 is 0 Å². The Kier molecular flexibility index (Phi) is 7.53. The summed E-state index contributed by atoms with van der Waals surface area (Å²) in [4.78, 5) is 13.3. The zero-order valence-electron chi connectivity index (χ0n) is 19.1. The first kappa shape index (κ1) is 22.6. The fraction of sp³-hybridized carbons (Fsp3) is 0.115. The second-order valence-electron chi connectivity index (χ2n) is 7.31. The number of hydrogen-bond donors (Lipinski definition) is 0. The summed E-state index contributed by atoms with van der Waals surface area (Å²) in [5.74, 6) is 2.08. The Labute approximate surface area is 198 Å². The molecule has 0 radical (unpaired) electrons. The molecule has 0 aliphatic rings. The van der Waals surface area contributed by atoms with Crippen molar-refractivity contribution in [3.63, 3.8) is 0 Å². The van der Waals surface area contributed by atoms with Crippen LogP contribution in [0.4, 0.5) is 11.6 Å². The van der Waals surface area contributed by atoms with Gasteiger partial charge in [0, 0.05) is 26.5 Å². The lowest BCUT2D eigenvalue weighted by molar-refractivity contribution is 0.304. The van der Waals surface area contributed by atoms with Crippen LogP contribution in [0.5, 0.6) is 5.75 Å². The Balaban J connectivity index is 1.56. The van der Waals surface area contributed by atoms with Gasteiger partial charge >= 0.3 is 0 Å². The molecule has 1 aromatic carbocycles. The molecule has 0 aliphatic heterocycles. The van der Waals surface area contributed by atoms with E-state index in [1.807, 2.05) is 93.0 Å². The molecule has 8 heteroatoms. The van der Waals surface area contributed by atoms with Gasteiger partial charge in [-0.25, -0.2) is 15.0 Å². The minimum absolute atomic E-state index is 0.426. The molecule has 3 heterocycles. The monoisotopic (exact) mass is 451 g/mol. The summed E-state index contributed by atoms with van der Waals surface area (Å²) in [5.41, 5.74) is 2.32. The van der Waals surface area contributed by atoms with Gasteiger partial charge in [0.2, 0.25) is 0 Å². The molecule has 0 saturated heterocycles. The van der Waals surface area contributed by atoms with Gasteiger partial charge in [0.25, 0.3) is 0 Å². The van der Waals surface area contributed by atoms with Crippen LogP contribution in [0.25, 0.3) is 0 Å². The third kappa shape index (κ3) is 6.23. The topological polar surface area (TPSA) is 79.1 Å². The van der Waals surface area contributed by atoms with Crippen molar-refractivity contribution in [3.8, 4) is 5.75 Å². The molecule has 0 saturated carbocycles. The highest BCUT2D eigenvalue weighted by molar-refractivity contribution is 5.85. The standard InChI is InChI=1S/C26H25N7O/c1-32(25-12-6-8-16-27-25)29-18-22-14-15-24(34-20-21-10-4-3-5-11-21)23(31-22)19-30-33(2)26-13-7-9-17-28-26/h3-19H,20H2,1-2H3/b29-18+,30-19+. The molecular weight excluding hydrogens is 426 g/mol. The molecule has 0 spiro atoms. The molecular formula is C26H25N7O. The van der Waals surface area contributed by atoms with E-state index in [0.29, 0.717) is 23.7 Å². The molecule has 3 aromatic heterocycles. The maximum atomic E-state index is 6.06. The molecule has 0 atom stereocenters. The van der Waals surface area contributed by atoms with Gasteiger partial charge in [-0.2, -0.15) is 10.2 Å². The Morgan fingerprint density at radius 3 is 1.97 bits per heavy atom. The first-order chi connectivity index (χ1) is 16.7. The quantitative estimate of drug-likeness (QED) is 0.277. The largest absolute Gasteiger partial charge is 0.487 e. The van der Waals surface area contributed by atoms with Crippen molar-refractivity contribution in [3.05, 3.63) is 108 Å². The molecule has 170 valence electrons. The van der Waals surface area contributed by atoms with Crippen molar-refractivity contribution in [2.45, 2.75) is 6.61 Å². The van der Waals surface area contributed by atoms with Crippen molar-refractivity contribution >= 4 is 24.1 Å². The molecule has 0 aliphatic carbocycles.